The molecule has 0 aliphatic carbocycles. The largest absolute Gasteiger partial charge is 0.398 e. The van der Waals surface area contributed by atoms with Crippen molar-refractivity contribution < 1.29 is 9.18 Å². The van der Waals surface area contributed by atoms with Crippen LogP contribution in [0.3, 0.4) is 0 Å². The Hall–Kier alpha value is -3.59. The van der Waals surface area contributed by atoms with Crippen LogP contribution in [-0.2, 0) is 0 Å². The molecular formula is C25H38FN7O. The maximum absolute atomic E-state index is 12.9. The molecule has 1 amide bonds. The van der Waals surface area contributed by atoms with E-state index in [4.69, 9.17) is 16.9 Å². The molecule has 34 heavy (non-hydrogen) atoms. The second-order valence-corrected chi connectivity index (χ2v) is 7.29. The predicted molar refractivity (Wildman–Crippen MR) is 141 cm³/mol. The highest BCUT2D eigenvalue weighted by molar-refractivity contribution is 5.99. The Kier molecular flexibility index (Phi) is 14.4. The molecule has 0 aliphatic heterocycles. The number of rotatable bonds is 9. The summed E-state index contributed by atoms with van der Waals surface area (Å²) in [6.45, 7) is 7.40. The second kappa shape index (κ2) is 16.1. The number of nitrogens with one attached hydrogen (secondary N) is 2. The van der Waals surface area contributed by atoms with Gasteiger partial charge < -0.3 is 27.1 Å². The lowest BCUT2D eigenvalue weighted by molar-refractivity contribution is 0.0710. The molecule has 1 heterocycles. The number of aryl methyl sites for hydroxylation is 1. The van der Waals surface area contributed by atoms with Crippen LogP contribution in [0.25, 0.3) is 5.70 Å². The van der Waals surface area contributed by atoms with Gasteiger partial charge in [-0.2, -0.15) is 0 Å². The van der Waals surface area contributed by atoms with Gasteiger partial charge in [0.25, 0.3) is 5.91 Å². The Balaban J connectivity index is 0.00000164. The standard InChI is InChI=1S/C21H26FN5O.C3H8N2.CH4/c1-4-27(21(28)17-11-14(2)5-7-18(17)23)15(3)12-25-10-9-19(24)20-8-6-16(22)13-26-20;1-5-3-2-4;/h5-11,13,15H,4,12,23-24H2,1-3H3;2,4-5H,3H2,1H3;1H4/b19-9-,25-10?;;/t15-;;/m0../s1. The number of aliphatic imine (C=N–C) groups is 1. The molecule has 1 aromatic carbocycles. The van der Waals surface area contributed by atoms with E-state index >= 15 is 0 Å². The zero-order valence-corrected chi connectivity index (χ0v) is 19.7. The van der Waals surface area contributed by atoms with Crippen LogP contribution in [0, 0.1) is 18.2 Å². The molecule has 0 saturated heterocycles. The summed E-state index contributed by atoms with van der Waals surface area (Å²) in [7, 11) is 1.81. The summed E-state index contributed by atoms with van der Waals surface area (Å²) in [5, 5.41) is 9.19. The first-order valence-corrected chi connectivity index (χ1v) is 10.6. The van der Waals surface area contributed by atoms with Crippen molar-refractivity contribution >= 4 is 29.7 Å². The second-order valence-electron chi connectivity index (χ2n) is 7.29. The monoisotopic (exact) mass is 471 g/mol. The number of aromatic nitrogens is 1. The first kappa shape index (κ1) is 30.4. The van der Waals surface area contributed by atoms with E-state index < -0.39 is 5.82 Å². The predicted octanol–water partition coefficient (Wildman–Crippen LogP) is 3.52. The van der Waals surface area contributed by atoms with E-state index in [-0.39, 0.29) is 19.4 Å². The van der Waals surface area contributed by atoms with Gasteiger partial charge in [0.15, 0.2) is 0 Å². The summed E-state index contributed by atoms with van der Waals surface area (Å²) in [5.41, 5.74) is 14.7. The zero-order valence-electron chi connectivity index (χ0n) is 19.7. The third-order valence-corrected chi connectivity index (χ3v) is 4.63. The molecule has 9 heteroatoms. The van der Waals surface area contributed by atoms with Gasteiger partial charge in [-0.05, 0) is 58.2 Å². The van der Waals surface area contributed by atoms with Crippen LogP contribution in [-0.4, -0.2) is 60.9 Å². The summed E-state index contributed by atoms with van der Waals surface area (Å²) in [5.74, 6) is -0.533. The average Bonchev–Trinajstić information content (AvgIpc) is 2.80. The third-order valence-electron chi connectivity index (χ3n) is 4.63. The van der Waals surface area contributed by atoms with Crippen molar-refractivity contribution in [2.24, 2.45) is 10.7 Å². The number of anilines is 1. The number of allylic oxidation sites excluding steroid dienone is 1. The number of halogens is 1. The number of hydrogen-bond donors (Lipinski definition) is 4. The first-order chi connectivity index (χ1) is 15.7. The van der Waals surface area contributed by atoms with Crippen LogP contribution in [0.2, 0.25) is 0 Å². The minimum absolute atomic E-state index is 0. The van der Waals surface area contributed by atoms with Gasteiger partial charge in [0.05, 0.1) is 29.7 Å². The number of likely N-dealkylation sites (N-methyl/N-ethyl adjacent to an activating group) is 1. The highest BCUT2D eigenvalue weighted by Crippen LogP contribution is 2.17. The van der Waals surface area contributed by atoms with Crippen molar-refractivity contribution in [2.75, 3.05) is 32.4 Å². The van der Waals surface area contributed by atoms with Gasteiger partial charge >= 0.3 is 0 Å². The van der Waals surface area contributed by atoms with E-state index in [9.17, 15) is 9.18 Å². The number of hydrogen-bond acceptors (Lipinski definition) is 7. The molecule has 1 atom stereocenters. The smallest absolute Gasteiger partial charge is 0.256 e. The lowest BCUT2D eigenvalue weighted by atomic mass is 10.1. The topological polar surface area (TPSA) is 133 Å². The van der Waals surface area contributed by atoms with Gasteiger partial charge in [0.1, 0.15) is 5.82 Å². The Bertz CT molecular complexity index is 958. The number of benzene rings is 1. The number of nitrogens with two attached hydrogens (primary N) is 2. The van der Waals surface area contributed by atoms with Crippen molar-refractivity contribution in [3.8, 4) is 0 Å². The first-order valence-electron chi connectivity index (χ1n) is 10.6. The highest BCUT2D eigenvalue weighted by atomic mass is 19.1. The third kappa shape index (κ3) is 9.91. The molecular weight excluding hydrogens is 433 g/mol. The lowest BCUT2D eigenvalue weighted by Crippen LogP contribution is -2.40. The Morgan fingerprint density at radius 1 is 1.35 bits per heavy atom. The number of nitrogen functional groups attached to an aromatic ring is 1. The van der Waals surface area contributed by atoms with Crippen molar-refractivity contribution in [1.29, 1.82) is 5.41 Å². The molecule has 1 aromatic heterocycles. The molecule has 0 saturated carbocycles. The van der Waals surface area contributed by atoms with Crippen LogP contribution in [0.1, 0.15) is 42.9 Å². The van der Waals surface area contributed by atoms with E-state index in [1.807, 2.05) is 33.9 Å². The number of carbonyl (C=O) groups excluding carboxylic acids is 1. The Morgan fingerprint density at radius 2 is 2.06 bits per heavy atom. The average molecular weight is 472 g/mol. The van der Waals surface area contributed by atoms with Gasteiger partial charge in [-0.3, -0.25) is 14.8 Å². The van der Waals surface area contributed by atoms with Crippen molar-refractivity contribution in [3.63, 3.8) is 0 Å². The number of pyridine rings is 1. The molecule has 0 bridgehead atoms. The van der Waals surface area contributed by atoms with Gasteiger partial charge in [-0.25, -0.2) is 4.39 Å². The van der Waals surface area contributed by atoms with Crippen molar-refractivity contribution in [1.82, 2.24) is 15.2 Å². The molecule has 6 N–H and O–H groups in total. The fraction of sp³-hybridized carbons (Fsp3) is 0.360. The van der Waals surface area contributed by atoms with Gasteiger partial charge in [-0.15, -0.1) is 0 Å². The molecule has 0 radical (unpaired) electrons. The fourth-order valence-electron chi connectivity index (χ4n) is 2.84. The number of amides is 1. The summed E-state index contributed by atoms with van der Waals surface area (Å²) in [6.07, 6.45) is 5.59. The van der Waals surface area contributed by atoms with Crippen LogP contribution >= 0.6 is 0 Å². The van der Waals surface area contributed by atoms with Crippen molar-refractivity contribution in [2.45, 2.75) is 34.2 Å². The van der Waals surface area contributed by atoms with Crippen LogP contribution < -0.4 is 16.8 Å². The molecule has 0 unspecified atom stereocenters. The van der Waals surface area contributed by atoms with Crippen LogP contribution in [0.4, 0.5) is 10.1 Å². The lowest BCUT2D eigenvalue weighted by Gasteiger charge is -2.27. The van der Waals surface area contributed by atoms with E-state index in [1.54, 1.807) is 29.3 Å². The molecule has 2 rings (SSSR count). The van der Waals surface area contributed by atoms with Crippen LogP contribution in [0.5, 0.6) is 0 Å². The fourth-order valence-corrected chi connectivity index (χ4v) is 2.84. The molecule has 0 aliphatic rings. The number of carbonyl (C=O) groups is 1. The maximum atomic E-state index is 12.9. The number of nitrogens with zero attached hydrogens (tertiary/aromatic N) is 3. The van der Waals surface area contributed by atoms with Gasteiger partial charge in [-0.1, -0.05) is 19.1 Å². The molecule has 8 nitrogen and oxygen atoms in total. The highest BCUT2D eigenvalue weighted by Gasteiger charge is 2.21. The van der Waals surface area contributed by atoms with Crippen LogP contribution in [0.15, 0.2) is 47.6 Å². The van der Waals surface area contributed by atoms with Gasteiger partial charge in [0.2, 0.25) is 0 Å². The molecule has 0 fully saturated rings. The maximum Gasteiger partial charge on any atom is 0.256 e. The Labute approximate surface area is 202 Å². The minimum atomic E-state index is -0.419. The molecule has 186 valence electrons. The minimum Gasteiger partial charge on any atom is -0.398 e. The molecule has 2 aromatic rings. The van der Waals surface area contributed by atoms with E-state index in [0.717, 1.165) is 11.8 Å². The summed E-state index contributed by atoms with van der Waals surface area (Å²) in [6, 6.07) is 8.10. The van der Waals surface area contributed by atoms with E-state index in [1.165, 1.54) is 18.3 Å². The Morgan fingerprint density at radius 3 is 2.59 bits per heavy atom. The van der Waals surface area contributed by atoms with E-state index in [2.05, 4.69) is 15.3 Å². The van der Waals surface area contributed by atoms with Gasteiger partial charge in [0, 0.05) is 37.2 Å². The quantitative estimate of drug-likeness (QED) is 0.328. The van der Waals surface area contributed by atoms with Crippen molar-refractivity contribution in [3.05, 3.63) is 65.2 Å². The SMILES string of the molecule is C.CCN(C(=O)c1cc(C)ccc1N)[C@@H](C)CN=C/C=C(\N)c1ccc(F)cn1.CNCC=N. The summed E-state index contributed by atoms with van der Waals surface area (Å²) in [4.78, 5) is 22.8. The van der Waals surface area contributed by atoms with E-state index in [0.29, 0.717) is 42.3 Å². The zero-order chi connectivity index (χ0) is 24.8. The summed E-state index contributed by atoms with van der Waals surface area (Å²) < 4.78 is 12.9. The normalized spacial score (nSPS) is 11.7. The molecule has 0 spiro atoms. The summed E-state index contributed by atoms with van der Waals surface area (Å²) >= 11 is 0.